The molecule has 0 amide bonds. The minimum Gasteiger partial charge on any atom is -0.497 e. The van der Waals surface area contributed by atoms with Gasteiger partial charge in [0.15, 0.2) is 5.82 Å². The number of methoxy groups -OCH3 is 1. The van der Waals surface area contributed by atoms with E-state index >= 15 is 0 Å². The molecule has 1 aliphatic carbocycles. The van der Waals surface area contributed by atoms with Crippen molar-refractivity contribution in [3.63, 3.8) is 0 Å². The van der Waals surface area contributed by atoms with Crippen LogP contribution < -0.4 is 15.2 Å². The first-order chi connectivity index (χ1) is 19.0. The highest BCUT2D eigenvalue weighted by Gasteiger charge is 2.34. The van der Waals surface area contributed by atoms with Crippen molar-refractivity contribution in [1.82, 2.24) is 30.1 Å². The van der Waals surface area contributed by atoms with Crippen molar-refractivity contribution in [3.05, 3.63) is 75.3 Å². The third kappa shape index (κ3) is 5.03. The van der Waals surface area contributed by atoms with Crippen LogP contribution in [0.25, 0.3) is 10.9 Å². The smallest absolute Gasteiger partial charge is 0.253 e. The maximum atomic E-state index is 13.7. The Bertz CT molecular complexity index is 1510. The van der Waals surface area contributed by atoms with Gasteiger partial charge in [0, 0.05) is 43.5 Å². The number of nitrogens with zero attached hydrogens (tertiary/aromatic N) is 6. The lowest BCUT2D eigenvalue weighted by Gasteiger charge is -2.40. The summed E-state index contributed by atoms with van der Waals surface area (Å²) in [5, 5.41) is 14.1. The fourth-order valence-electron chi connectivity index (χ4n) is 6.27. The average Bonchev–Trinajstić information content (AvgIpc) is 3.45. The molecule has 4 aromatic rings. The molecule has 204 valence electrons. The third-order valence-corrected chi connectivity index (χ3v) is 8.44. The first kappa shape index (κ1) is 25.6. The molecule has 1 saturated carbocycles. The molecule has 0 radical (unpaired) electrons. The number of rotatable bonds is 6. The summed E-state index contributed by atoms with van der Waals surface area (Å²) in [4.78, 5) is 21.6. The Morgan fingerprint density at radius 3 is 2.54 bits per heavy atom. The Balaban J connectivity index is 1.38. The maximum Gasteiger partial charge on any atom is 0.253 e. The molecule has 6 rings (SSSR count). The molecule has 1 atom stereocenters. The number of aromatic amines is 1. The number of fused-ring (bicyclic) bond motifs is 1. The lowest BCUT2D eigenvalue weighted by atomic mass is 9.95. The zero-order chi connectivity index (χ0) is 26.9. The number of piperazine rings is 1. The van der Waals surface area contributed by atoms with Crippen LogP contribution in [0.5, 0.6) is 5.75 Å². The standard InChI is InChI=1S/C30H37N7O2/c1-20-9-10-21(2)27(17-20)35-13-15-36(16-14-35)28(29-32-33-34-37(29)23-7-5-4-6-8-23)25-18-22-11-12-24(39-3)19-26(22)31-30(25)38/h9-12,17-19,23,28H,4-8,13-16H2,1-3H3,(H,31,38). The highest BCUT2D eigenvalue weighted by molar-refractivity contribution is 5.80. The van der Waals surface area contributed by atoms with Crippen LogP contribution in [0.4, 0.5) is 5.69 Å². The minimum atomic E-state index is -0.335. The van der Waals surface area contributed by atoms with Gasteiger partial charge in [-0.05, 0) is 77.9 Å². The minimum absolute atomic E-state index is 0.115. The van der Waals surface area contributed by atoms with E-state index < -0.39 is 0 Å². The fraction of sp³-hybridized carbons (Fsp3) is 0.467. The third-order valence-electron chi connectivity index (χ3n) is 8.44. The summed E-state index contributed by atoms with van der Waals surface area (Å²) in [5.41, 5.74) is 5.16. The number of nitrogens with one attached hydrogen (secondary N) is 1. The number of ether oxygens (including phenoxy) is 1. The van der Waals surface area contributed by atoms with Gasteiger partial charge >= 0.3 is 0 Å². The van der Waals surface area contributed by atoms with E-state index in [0.29, 0.717) is 11.3 Å². The Kier molecular flexibility index (Phi) is 7.08. The van der Waals surface area contributed by atoms with Crippen LogP contribution in [0.3, 0.4) is 0 Å². The van der Waals surface area contributed by atoms with E-state index in [4.69, 9.17) is 4.74 Å². The lowest BCUT2D eigenvalue weighted by molar-refractivity contribution is 0.192. The van der Waals surface area contributed by atoms with E-state index in [1.807, 2.05) is 28.9 Å². The molecule has 1 N–H and O–H groups in total. The van der Waals surface area contributed by atoms with Crippen LogP contribution in [-0.4, -0.2) is 63.4 Å². The van der Waals surface area contributed by atoms with E-state index in [-0.39, 0.29) is 17.6 Å². The zero-order valence-electron chi connectivity index (χ0n) is 23.1. The number of anilines is 1. The van der Waals surface area contributed by atoms with Crippen molar-refractivity contribution >= 4 is 16.6 Å². The highest BCUT2D eigenvalue weighted by Crippen LogP contribution is 2.34. The van der Waals surface area contributed by atoms with Gasteiger partial charge in [0.25, 0.3) is 5.56 Å². The number of pyridine rings is 1. The monoisotopic (exact) mass is 527 g/mol. The molecule has 2 fully saturated rings. The SMILES string of the molecule is COc1ccc2cc(C(c3nnnn3C3CCCCC3)N3CCN(c4cc(C)ccc4C)CC3)c(=O)[nH]c2c1. The number of tetrazole rings is 1. The lowest BCUT2D eigenvalue weighted by Crippen LogP contribution is -2.49. The number of hydrogen-bond acceptors (Lipinski definition) is 7. The Hall–Kier alpha value is -3.72. The molecule has 1 unspecified atom stereocenters. The molecule has 2 aliphatic rings. The summed E-state index contributed by atoms with van der Waals surface area (Å²) in [6.07, 6.45) is 5.76. The van der Waals surface area contributed by atoms with E-state index in [2.05, 4.69) is 62.4 Å². The van der Waals surface area contributed by atoms with Crippen molar-refractivity contribution in [2.75, 3.05) is 38.2 Å². The molecule has 2 aromatic carbocycles. The second-order valence-electron chi connectivity index (χ2n) is 11.0. The Morgan fingerprint density at radius 2 is 1.77 bits per heavy atom. The van der Waals surface area contributed by atoms with Gasteiger partial charge in [-0.15, -0.1) is 5.10 Å². The number of benzene rings is 2. The molecule has 39 heavy (non-hydrogen) atoms. The predicted molar refractivity (Wildman–Crippen MR) is 153 cm³/mol. The van der Waals surface area contributed by atoms with Crippen molar-refractivity contribution in [2.45, 2.75) is 58.0 Å². The zero-order valence-corrected chi connectivity index (χ0v) is 23.1. The summed E-state index contributed by atoms with van der Waals surface area (Å²) in [5.74, 6) is 1.48. The Labute approximate surface area is 228 Å². The van der Waals surface area contributed by atoms with Crippen LogP contribution in [0.1, 0.15) is 66.7 Å². The van der Waals surface area contributed by atoms with E-state index in [1.54, 1.807) is 7.11 Å². The first-order valence-electron chi connectivity index (χ1n) is 14.1. The van der Waals surface area contributed by atoms with Gasteiger partial charge in [-0.25, -0.2) is 4.68 Å². The van der Waals surface area contributed by atoms with Crippen molar-refractivity contribution < 1.29 is 4.74 Å². The van der Waals surface area contributed by atoms with Gasteiger partial charge < -0.3 is 14.6 Å². The number of aryl methyl sites for hydroxylation is 2. The van der Waals surface area contributed by atoms with Crippen LogP contribution >= 0.6 is 0 Å². The summed E-state index contributed by atoms with van der Waals surface area (Å²) in [6, 6.07) is 14.4. The molecule has 9 nitrogen and oxygen atoms in total. The maximum absolute atomic E-state index is 13.7. The van der Waals surface area contributed by atoms with Gasteiger partial charge in [-0.2, -0.15) is 0 Å². The van der Waals surface area contributed by atoms with Crippen LogP contribution in [0.15, 0.2) is 47.3 Å². The fourth-order valence-corrected chi connectivity index (χ4v) is 6.27. The van der Waals surface area contributed by atoms with Crippen molar-refractivity contribution in [3.8, 4) is 5.75 Å². The molecule has 0 spiro atoms. The summed E-state index contributed by atoms with van der Waals surface area (Å²) < 4.78 is 7.39. The quantitative estimate of drug-likeness (QED) is 0.393. The van der Waals surface area contributed by atoms with Crippen molar-refractivity contribution in [2.24, 2.45) is 0 Å². The molecule has 1 aliphatic heterocycles. The Morgan fingerprint density at radius 1 is 0.974 bits per heavy atom. The number of aromatic nitrogens is 5. The van der Waals surface area contributed by atoms with E-state index in [1.165, 1.54) is 36.1 Å². The second-order valence-corrected chi connectivity index (χ2v) is 11.0. The van der Waals surface area contributed by atoms with Crippen LogP contribution in [0.2, 0.25) is 0 Å². The van der Waals surface area contributed by atoms with Crippen LogP contribution in [0, 0.1) is 13.8 Å². The topological polar surface area (TPSA) is 92.2 Å². The van der Waals surface area contributed by atoms with Crippen molar-refractivity contribution in [1.29, 1.82) is 0 Å². The molecular weight excluding hydrogens is 490 g/mol. The summed E-state index contributed by atoms with van der Waals surface area (Å²) in [7, 11) is 1.63. The predicted octanol–water partition coefficient (Wildman–Crippen LogP) is 4.56. The summed E-state index contributed by atoms with van der Waals surface area (Å²) in [6.45, 7) is 7.65. The molecular formula is C30H37N7O2. The van der Waals surface area contributed by atoms with Crippen LogP contribution in [-0.2, 0) is 0 Å². The van der Waals surface area contributed by atoms with Gasteiger partial charge in [-0.3, -0.25) is 9.69 Å². The van der Waals surface area contributed by atoms with Gasteiger partial charge in [0.2, 0.25) is 0 Å². The number of hydrogen-bond donors (Lipinski definition) is 1. The molecule has 2 aromatic heterocycles. The number of H-pyrrole nitrogens is 1. The summed E-state index contributed by atoms with van der Waals surface area (Å²) >= 11 is 0. The second kappa shape index (κ2) is 10.8. The molecule has 0 bridgehead atoms. The van der Waals surface area contributed by atoms with Gasteiger partial charge in [0.05, 0.1) is 18.7 Å². The largest absolute Gasteiger partial charge is 0.497 e. The molecule has 1 saturated heterocycles. The highest BCUT2D eigenvalue weighted by atomic mass is 16.5. The average molecular weight is 528 g/mol. The van der Waals surface area contributed by atoms with E-state index in [0.717, 1.165) is 55.7 Å². The first-order valence-corrected chi connectivity index (χ1v) is 14.1. The normalized spacial score (nSPS) is 18.0. The molecule has 3 heterocycles. The van der Waals surface area contributed by atoms with E-state index in [9.17, 15) is 4.79 Å². The van der Waals surface area contributed by atoms with Gasteiger partial charge in [0.1, 0.15) is 11.8 Å². The van der Waals surface area contributed by atoms with Gasteiger partial charge in [-0.1, -0.05) is 31.4 Å². The molecule has 9 heteroatoms.